The number of nitrogens with two attached hydrogens (primary N) is 1. The molecular weight excluding hydrogens is 507 g/mol. The van der Waals surface area contributed by atoms with Crippen molar-refractivity contribution in [2.45, 2.75) is 26.1 Å². The molecule has 0 saturated carbocycles. The lowest BCUT2D eigenvalue weighted by Gasteiger charge is -2.18. The van der Waals surface area contributed by atoms with Crippen molar-refractivity contribution < 1.29 is 13.2 Å². The first-order valence-electron chi connectivity index (χ1n) is 12.3. The predicted octanol–water partition coefficient (Wildman–Crippen LogP) is 4.56. The van der Waals surface area contributed by atoms with Gasteiger partial charge < -0.3 is 11.1 Å². The summed E-state index contributed by atoms with van der Waals surface area (Å²) < 4.78 is 41.2. The molecule has 3 N–H and O–H groups in total. The Morgan fingerprint density at radius 2 is 1.54 bits per heavy atom. The largest absolute Gasteiger partial charge is 0.401 e. The number of hydrogen-bond donors (Lipinski definition) is 2. The number of halogens is 3. The molecule has 0 radical (unpaired) electrons. The summed E-state index contributed by atoms with van der Waals surface area (Å²) >= 11 is 0. The molecule has 0 aliphatic rings. The zero-order valence-corrected chi connectivity index (χ0v) is 21.3. The summed E-state index contributed by atoms with van der Waals surface area (Å²) in [5, 5.41) is 7.11. The molecule has 3 heterocycles. The molecule has 3 aromatic heterocycles. The quantitative estimate of drug-likeness (QED) is 0.318. The van der Waals surface area contributed by atoms with Crippen molar-refractivity contribution >= 4 is 11.6 Å². The fourth-order valence-corrected chi connectivity index (χ4v) is 4.70. The maximum absolute atomic E-state index is 13.8. The highest BCUT2D eigenvalue weighted by Crippen LogP contribution is 2.35. The number of nitrogens with one attached hydrogen (secondary N) is 1. The number of aromatic nitrogens is 5. The van der Waals surface area contributed by atoms with Crippen molar-refractivity contribution in [1.82, 2.24) is 29.5 Å². The van der Waals surface area contributed by atoms with Gasteiger partial charge in [0.25, 0.3) is 0 Å². The van der Waals surface area contributed by atoms with E-state index in [-0.39, 0.29) is 18.1 Å². The summed E-state index contributed by atoms with van der Waals surface area (Å²) in [6.45, 7) is 2.34. The Morgan fingerprint density at radius 1 is 0.923 bits per heavy atom. The Hall–Kier alpha value is -4.51. The SMILES string of the molecule is Cc1cc(-c2c(-c3ccccc3)nc(N)n3c(=O)n(C(CNCC(F)(F)F)c4ccccc4)nc23)cc(C)n1. The van der Waals surface area contributed by atoms with Gasteiger partial charge in [-0.05, 0) is 37.1 Å². The van der Waals surface area contributed by atoms with Gasteiger partial charge in [0, 0.05) is 23.5 Å². The first-order valence-corrected chi connectivity index (χ1v) is 12.3. The van der Waals surface area contributed by atoms with Crippen molar-refractivity contribution in [1.29, 1.82) is 0 Å². The van der Waals surface area contributed by atoms with Gasteiger partial charge in [0.15, 0.2) is 5.65 Å². The molecule has 2 aromatic carbocycles. The third kappa shape index (κ3) is 5.39. The van der Waals surface area contributed by atoms with E-state index in [9.17, 15) is 18.0 Å². The van der Waals surface area contributed by atoms with Gasteiger partial charge in [0.2, 0.25) is 5.95 Å². The average molecular weight is 534 g/mol. The summed E-state index contributed by atoms with van der Waals surface area (Å²) in [6, 6.07) is 21.1. The molecular formula is C28H26F3N7O. The van der Waals surface area contributed by atoms with Crippen LogP contribution in [0.4, 0.5) is 19.1 Å². The van der Waals surface area contributed by atoms with Crippen LogP contribution in [0.25, 0.3) is 28.0 Å². The molecule has 39 heavy (non-hydrogen) atoms. The smallest absolute Gasteiger partial charge is 0.369 e. The fraction of sp³-hybridized carbons (Fsp3) is 0.214. The summed E-state index contributed by atoms with van der Waals surface area (Å²) in [5.74, 6) is -0.0820. The van der Waals surface area contributed by atoms with Crippen LogP contribution in [0.3, 0.4) is 0 Å². The fourth-order valence-electron chi connectivity index (χ4n) is 4.70. The topological polar surface area (TPSA) is 103 Å². The van der Waals surface area contributed by atoms with Gasteiger partial charge in [-0.15, -0.1) is 5.10 Å². The number of nitrogen functional groups attached to an aromatic ring is 1. The zero-order chi connectivity index (χ0) is 27.7. The maximum atomic E-state index is 13.8. The highest BCUT2D eigenvalue weighted by molar-refractivity contribution is 5.90. The third-order valence-corrected chi connectivity index (χ3v) is 6.28. The second-order valence-corrected chi connectivity index (χ2v) is 9.26. The van der Waals surface area contributed by atoms with Gasteiger partial charge in [-0.3, -0.25) is 4.98 Å². The Bertz CT molecular complexity index is 1660. The lowest BCUT2D eigenvalue weighted by atomic mass is 9.99. The zero-order valence-electron chi connectivity index (χ0n) is 21.3. The van der Waals surface area contributed by atoms with Gasteiger partial charge in [0.1, 0.15) is 0 Å². The Labute approximate surface area is 222 Å². The first-order chi connectivity index (χ1) is 18.6. The van der Waals surface area contributed by atoms with E-state index in [1.807, 2.05) is 56.3 Å². The summed E-state index contributed by atoms with van der Waals surface area (Å²) in [4.78, 5) is 22.8. The first kappa shape index (κ1) is 26.1. The lowest BCUT2D eigenvalue weighted by molar-refractivity contribution is -0.124. The minimum atomic E-state index is -4.41. The monoisotopic (exact) mass is 533 g/mol. The minimum absolute atomic E-state index is 0.0820. The molecule has 5 rings (SSSR count). The summed E-state index contributed by atoms with van der Waals surface area (Å²) in [5.41, 5.74) is 10.7. The number of alkyl halides is 3. The standard InChI is InChI=1S/C28H26F3N7O/c1-17-13-21(14-18(2)34-17)23-24(20-11-7-4-8-12-20)35-26(32)37-25(23)36-38(27(37)39)22(15-33-16-28(29,30)31)19-9-5-3-6-10-19/h3-14,22,33H,15-16H2,1-2H3,(H2,32,35). The van der Waals surface area contributed by atoms with Crippen LogP contribution in [-0.4, -0.2) is 43.4 Å². The molecule has 0 spiro atoms. The van der Waals surface area contributed by atoms with Gasteiger partial charge >= 0.3 is 11.9 Å². The molecule has 1 unspecified atom stereocenters. The van der Waals surface area contributed by atoms with Crippen LogP contribution in [0.15, 0.2) is 77.6 Å². The molecule has 0 bridgehead atoms. The van der Waals surface area contributed by atoms with Gasteiger partial charge in [0.05, 0.1) is 23.8 Å². The molecule has 0 fully saturated rings. The van der Waals surface area contributed by atoms with Crippen LogP contribution in [-0.2, 0) is 0 Å². The van der Waals surface area contributed by atoms with E-state index >= 15 is 0 Å². The van der Waals surface area contributed by atoms with Crippen molar-refractivity contribution in [2.75, 3.05) is 18.8 Å². The number of anilines is 1. The average Bonchev–Trinajstić information content (AvgIpc) is 3.23. The molecule has 11 heteroatoms. The van der Waals surface area contributed by atoms with E-state index in [1.165, 1.54) is 9.08 Å². The van der Waals surface area contributed by atoms with E-state index < -0.39 is 24.5 Å². The van der Waals surface area contributed by atoms with Gasteiger partial charge in [-0.1, -0.05) is 60.7 Å². The van der Waals surface area contributed by atoms with Gasteiger partial charge in [-0.2, -0.15) is 13.2 Å². The lowest BCUT2D eigenvalue weighted by Crippen LogP contribution is -2.37. The molecule has 1 atom stereocenters. The Morgan fingerprint density at radius 3 is 2.15 bits per heavy atom. The van der Waals surface area contributed by atoms with E-state index in [1.54, 1.807) is 30.3 Å². The molecule has 5 aromatic rings. The number of aryl methyl sites for hydroxylation is 2. The molecule has 8 nitrogen and oxygen atoms in total. The summed E-state index contributed by atoms with van der Waals surface area (Å²) in [7, 11) is 0. The number of hydrogen-bond acceptors (Lipinski definition) is 6. The second-order valence-electron chi connectivity index (χ2n) is 9.26. The third-order valence-electron chi connectivity index (χ3n) is 6.28. The van der Waals surface area contributed by atoms with Crippen molar-refractivity contribution in [3.63, 3.8) is 0 Å². The highest BCUT2D eigenvalue weighted by atomic mass is 19.4. The van der Waals surface area contributed by atoms with Gasteiger partial charge in [-0.25, -0.2) is 18.9 Å². The Balaban J connectivity index is 1.78. The van der Waals surface area contributed by atoms with Crippen LogP contribution in [0.1, 0.15) is 23.0 Å². The van der Waals surface area contributed by atoms with E-state index in [0.29, 0.717) is 16.8 Å². The second kappa shape index (κ2) is 10.3. The number of nitrogens with zero attached hydrogens (tertiary/aromatic N) is 5. The molecule has 0 saturated heterocycles. The van der Waals surface area contributed by atoms with Crippen LogP contribution >= 0.6 is 0 Å². The van der Waals surface area contributed by atoms with Crippen LogP contribution in [0.5, 0.6) is 0 Å². The molecule has 0 aliphatic carbocycles. The number of pyridine rings is 1. The number of fused-ring (bicyclic) bond motifs is 1. The van der Waals surface area contributed by atoms with E-state index in [0.717, 1.165) is 22.5 Å². The highest BCUT2D eigenvalue weighted by Gasteiger charge is 2.29. The van der Waals surface area contributed by atoms with Crippen LogP contribution in [0, 0.1) is 13.8 Å². The Kier molecular flexibility index (Phi) is 6.92. The summed E-state index contributed by atoms with van der Waals surface area (Å²) in [6.07, 6.45) is -4.41. The van der Waals surface area contributed by atoms with Crippen LogP contribution in [0.2, 0.25) is 0 Å². The number of rotatable bonds is 7. The van der Waals surface area contributed by atoms with Crippen LogP contribution < -0.4 is 16.7 Å². The van der Waals surface area contributed by atoms with Crippen molar-refractivity contribution in [3.8, 4) is 22.4 Å². The van der Waals surface area contributed by atoms with E-state index in [4.69, 9.17) is 10.8 Å². The van der Waals surface area contributed by atoms with Crippen molar-refractivity contribution in [2.24, 2.45) is 0 Å². The number of benzene rings is 2. The minimum Gasteiger partial charge on any atom is -0.369 e. The predicted molar refractivity (Wildman–Crippen MR) is 143 cm³/mol. The molecule has 0 amide bonds. The van der Waals surface area contributed by atoms with Crippen molar-refractivity contribution in [3.05, 3.63) is 100 Å². The van der Waals surface area contributed by atoms with E-state index in [2.05, 4.69) is 15.3 Å². The molecule has 0 aliphatic heterocycles. The molecule has 200 valence electrons. The normalized spacial score (nSPS) is 12.6. The maximum Gasteiger partial charge on any atom is 0.401 e.